The fourth-order valence-electron chi connectivity index (χ4n) is 1.05. The highest BCUT2D eigenvalue weighted by Crippen LogP contribution is 2.02. The summed E-state index contributed by atoms with van der Waals surface area (Å²) in [6, 6.07) is 1.05. The smallest absolute Gasteiger partial charge is 0.253 e. The molecule has 0 saturated heterocycles. The first kappa shape index (κ1) is 11.9. The average molecular weight is 231 g/mol. The molecule has 0 fully saturated rings. The van der Waals surface area contributed by atoms with Crippen LogP contribution in [0.3, 0.4) is 0 Å². The number of nitrogens with zero attached hydrogens (tertiary/aromatic N) is 1. The number of carbonyl (C=O) groups is 1. The van der Waals surface area contributed by atoms with Crippen molar-refractivity contribution in [3.05, 3.63) is 29.8 Å². The second-order valence-corrected chi connectivity index (χ2v) is 3.43. The Balaban J connectivity index is 2.68. The molecule has 0 radical (unpaired) electrons. The van der Waals surface area contributed by atoms with Gasteiger partial charge in [-0.25, -0.2) is 4.39 Å². The third kappa shape index (κ3) is 3.47. The van der Waals surface area contributed by atoms with E-state index in [1.54, 1.807) is 0 Å². The Morgan fingerprint density at radius 3 is 2.93 bits per heavy atom. The van der Waals surface area contributed by atoms with Crippen LogP contribution in [0.1, 0.15) is 23.7 Å². The first-order valence-corrected chi connectivity index (χ1v) is 5.18. The van der Waals surface area contributed by atoms with Crippen molar-refractivity contribution in [3.63, 3.8) is 0 Å². The number of alkyl halides is 1. The van der Waals surface area contributed by atoms with E-state index < -0.39 is 5.82 Å². The van der Waals surface area contributed by atoms with Crippen LogP contribution in [0.4, 0.5) is 4.39 Å². The number of hydrogen-bond donors (Lipinski definition) is 1. The van der Waals surface area contributed by atoms with Gasteiger partial charge in [-0.3, -0.25) is 9.78 Å². The van der Waals surface area contributed by atoms with Crippen molar-refractivity contribution in [1.82, 2.24) is 10.3 Å². The zero-order valence-electron chi connectivity index (χ0n) is 8.34. The third-order valence-electron chi connectivity index (χ3n) is 1.98. The molecule has 0 aromatic carbocycles. The topological polar surface area (TPSA) is 42.0 Å². The zero-order valence-corrected chi connectivity index (χ0v) is 9.09. The minimum Gasteiger partial charge on any atom is -0.348 e. The van der Waals surface area contributed by atoms with Crippen molar-refractivity contribution in [1.29, 1.82) is 0 Å². The summed E-state index contributed by atoms with van der Waals surface area (Å²) in [6.07, 6.45) is 3.10. The van der Waals surface area contributed by atoms with Crippen LogP contribution in [0.2, 0.25) is 0 Å². The van der Waals surface area contributed by atoms with E-state index in [0.717, 1.165) is 18.7 Å². The summed E-state index contributed by atoms with van der Waals surface area (Å²) in [7, 11) is 0. The molecule has 0 bridgehead atoms. The minimum absolute atomic E-state index is 0.0950. The number of nitrogens with one attached hydrogen (secondary N) is 1. The van der Waals surface area contributed by atoms with Crippen LogP contribution >= 0.6 is 11.6 Å². The van der Waals surface area contributed by atoms with Gasteiger partial charge in [-0.1, -0.05) is 6.92 Å². The molecule has 0 saturated carbocycles. The van der Waals surface area contributed by atoms with E-state index >= 15 is 0 Å². The minimum atomic E-state index is -0.526. The molecule has 1 aromatic rings. The molecule has 5 heteroatoms. The van der Waals surface area contributed by atoms with Crippen molar-refractivity contribution in [2.75, 3.05) is 5.88 Å². The van der Waals surface area contributed by atoms with E-state index in [1.165, 1.54) is 6.20 Å². The molecule has 1 unspecified atom stereocenters. The number of rotatable bonds is 4. The zero-order chi connectivity index (χ0) is 11.3. The number of amides is 1. The highest BCUT2D eigenvalue weighted by atomic mass is 35.5. The fraction of sp³-hybridized carbons (Fsp3) is 0.400. The average Bonchev–Trinajstić information content (AvgIpc) is 2.25. The lowest BCUT2D eigenvalue weighted by Gasteiger charge is -2.13. The predicted molar refractivity (Wildman–Crippen MR) is 56.5 cm³/mol. The van der Waals surface area contributed by atoms with Crippen molar-refractivity contribution in [3.8, 4) is 0 Å². The Morgan fingerprint density at radius 2 is 2.40 bits per heavy atom. The Kier molecular flexibility index (Phi) is 4.49. The molecule has 0 spiro atoms. The van der Waals surface area contributed by atoms with Crippen LogP contribution in [-0.4, -0.2) is 22.8 Å². The van der Waals surface area contributed by atoms with Crippen molar-refractivity contribution in [2.45, 2.75) is 19.4 Å². The van der Waals surface area contributed by atoms with Gasteiger partial charge < -0.3 is 5.32 Å². The molecule has 0 aliphatic rings. The standard InChI is InChI=1S/C10H12ClFN2O/c1-2-9(4-11)14-10(15)7-3-8(12)6-13-5-7/h3,5-6,9H,2,4H2,1H3,(H,14,15). The van der Waals surface area contributed by atoms with Crippen LogP contribution in [0, 0.1) is 5.82 Å². The maximum Gasteiger partial charge on any atom is 0.253 e. The summed E-state index contributed by atoms with van der Waals surface area (Å²) in [4.78, 5) is 15.1. The van der Waals surface area contributed by atoms with Gasteiger partial charge in [0.25, 0.3) is 5.91 Å². The molecule has 0 aliphatic carbocycles. The number of pyridine rings is 1. The molecule has 1 amide bonds. The first-order chi connectivity index (χ1) is 7.17. The number of aromatic nitrogens is 1. The molecule has 1 N–H and O–H groups in total. The number of carbonyl (C=O) groups excluding carboxylic acids is 1. The molecule has 0 aliphatic heterocycles. The van der Waals surface area contributed by atoms with Gasteiger partial charge in [0, 0.05) is 18.1 Å². The van der Waals surface area contributed by atoms with Gasteiger partial charge in [-0.05, 0) is 12.5 Å². The predicted octanol–water partition coefficient (Wildman–Crippen LogP) is 1.97. The SMILES string of the molecule is CCC(CCl)NC(=O)c1cncc(F)c1. The van der Waals surface area contributed by atoms with Crippen LogP contribution in [0.15, 0.2) is 18.5 Å². The maximum absolute atomic E-state index is 12.8. The van der Waals surface area contributed by atoms with Gasteiger partial charge in [0.05, 0.1) is 11.8 Å². The fourth-order valence-corrected chi connectivity index (χ4v) is 1.35. The van der Waals surface area contributed by atoms with Gasteiger partial charge >= 0.3 is 0 Å². The molecule has 1 aromatic heterocycles. The highest BCUT2D eigenvalue weighted by Gasteiger charge is 2.11. The lowest BCUT2D eigenvalue weighted by Crippen LogP contribution is -2.35. The van der Waals surface area contributed by atoms with Crippen LogP contribution in [-0.2, 0) is 0 Å². The van der Waals surface area contributed by atoms with Crippen molar-refractivity contribution >= 4 is 17.5 Å². The molecule has 1 atom stereocenters. The second kappa shape index (κ2) is 5.66. The summed E-state index contributed by atoms with van der Waals surface area (Å²) < 4.78 is 12.8. The third-order valence-corrected chi connectivity index (χ3v) is 2.35. The maximum atomic E-state index is 12.8. The Labute approximate surface area is 92.7 Å². The molecule has 1 heterocycles. The number of halogens is 2. The van der Waals surface area contributed by atoms with Crippen molar-refractivity contribution in [2.24, 2.45) is 0 Å². The Hall–Kier alpha value is -1.16. The van der Waals surface area contributed by atoms with E-state index in [-0.39, 0.29) is 17.5 Å². The summed E-state index contributed by atoms with van der Waals surface area (Å²) >= 11 is 5.63. The summed E-state index contributed by atoms with van der Waals surface area (Å²) in [5.41, 5.74) is 0.207. The lowest BCUT2D eigenvalue weighted by molar-refractivity contribution is 0.0939. The molecule has 3 nitrogen and oxygen atoms in total. The Morgan fingerprint density at radius 1 is 1.67 bits per heavy atom. The first-order valence-electron chi connectivity index (χ1n) is 4.64. The molecule has 1 rings (SSSR count). The molecule has 82 valence electrons. The van der Waals surface area contributed by atoms with E-state index in [4.69, 9.17) is 11.6 Å². The van der Waals surface area contributed by atoms with E-state index in [2.05, 4.69) is 10.3 Å². The van der Waals surface area contributed by atoms with Gasteiger partial charge in [0.15, 0.2) is 0 Å². The molecule has 15 heavy (non-hydrogen) atoms. The van der Waals surface area contributed by atoms with E-state index in [1.807, 2.05) is 6.92 Å². The number of hydrogen-bond acceptors (Lipinski definition) is 2. The largest absolute Gasteiger partial charge is 0.348 e. The van der Waals surface area contributed by atoms with Crippen molar-refractivity contribution < 1.29 is 9.18 Å². The normalized spacial score (nSPS) is 12.2. The van der Waals surface area contributed by atoms with Crippen LogP contribution in [0.5, 0.6) is 0 Å². The van der Waals surface area contributed by atoms with E-state index in [0.29, 0.717) is 5.88 Å². The van der Waals surface area contributed by atoms with Crippen LogP contribution < -0.4 is 5.32 Å². The Bertz CT molecular complexity index is 342. The molecular weight excluding hydrogens is 219 g/mol. The van der Waals surface area contributed by atoms with Gasteiger partial charge in [0.1, 0.15) is 5.82 Å². The van der Waals surface area contributed by atoms with E-state index in [9.17, 15) is 9.18 Å². The summed E-state index contributed by atoms with van der Waals surface area (Å²) in [6.45, 7) is 1.91. The lowest BCUT2D eigenvalue weighted by atomic mass is 10.2. The van der Waals surface area contributed by atoms with Gasteiger partial charge in [-0.2, -0.15) is 0 Å². The summed E-state index contributed by atoms with van der Waals surface area (Å²) in [5.74, 6) is -0.540. The second-order valence-electron chi connectivity index (χ2n) is 3.12. The van der Waals surface area contributed by atoms with Gasteiger partial charge in [0.2, 0.25) is 0 Å². The monoisotopic (exact) mass is 230 g/mol. The van der Waals surface area contributed by atoms with Crippen LogP contribution in [0.25, 0.3) is 0 Å². The highest BCUT2D eigenvalue weighted by molar-refractivity contribution is 6.18. The molecular formula is C10H12ClFN2O. The van der Waals surface area contributed by atoms with Gasteiger partial charge in [-0.15, -0.1) is 11.6 Å². The summed E-state index contributed by atoms with van der Waals surface area (Å²) in [5, 5.41) is 2.68. The quantitative estimate of drug-likeness (QED) is 0.804.